The van der Waals surface area contributed by atoms with Gasteiger partial charge in [0.05, 0.1) is 17.7 Å². The maximum absolute atomic E-state index is 12.3. The number of halogens is 3. The maximum Gasteiger partial charge on any atom is 0.446 e. The fourth-order valence-electron chi connectivity index (χ4n) is 1.25. The average molecular weight is 307 g/mol. The quantitative estimate of drug-likeness (QED) is 0.526. The summed E-state index contributed by atoms with van der Waals surface area (Å²) in [6.45, 7) is 1.62. The number of benzene rings is 1. The Morgan fingerprint density at radius 2 is 2.16 bits per heavy atom. The Bertz CT molecular complexity index is 538. The molecule has 3 nitrogen and oxygen atoms in total. The van der Waals surface area contributed by atoms with E-state index < -0.39 is 23.2 Å². The summed E-state index contributed by atoms with van der Waals surface area (Å²) in [5, 5.41) is 8.86. The molecule has 0 aliphatic rings. The summed E-state index contributed by atoms with van der Waals surface area (Å²) < 4.78 is 41.7. The van der Waals surface area contributed by atoms with Crippen LogP contribution in [-0.4, -0.2) is 18.1 Å². The van der Waals surface area contributed by atoms with Crippen molar-refractivity contribution in [2.24, 2.45) is 0 Å². The lowest BCUT2D eigenvalue weighted by Gasteiger charge is -2.11. The van der Waals surface area contributed by atoms with Crippen LogP contribution in [0.25, 0.3) is 0 Å². The molecule has 0 aromatic heterocycles. The minimum atomic E-state index is -4.50. The van der Waals surface area contributed by atoms with Crippen LogP contribution in [0.4, 0.5) is 13.2 Å². The predicted molar refractivity (Wildman–Crippen MR) is 66.3 cm³/mol. The number of thiol groups is 1. The number of ether oxygens (including phenoxy) is 1. The van der Waals surface area contributed by atoms with Crippen molar-refractivity contribution in [3.8, 4) is 6.07 Å². The molecule has 0 saturated carbocycles. The third-order valence-electron chi connectivity index (χ3n) is 1.94. The number of hydrogen-bond acceptors (Lipinski definition) is 5. The number of esters is 1. The number of alkyl halides is 3. The second kappa shape index (κ2) is 6.21. The lowest BCUT2D eigenvalue weighted by molar-refractivity contribution is -0.0329. The van der Waals surface area contributed by atoms with E-state index in [1.54, 1.807) is 13.0 Å². The van der Waals surface area contributed by atoms with E-state index in [0.717, 1.165) is 12.1 Å². The average Bonchev–Trinajstić information content (AvgIpc) is 2.29. The molecule has 0 atom stereocenters. The van der Waals surface area contributed by atoms with Gasteiger partial charge in [0.15, 0.2) is 0 Å². The third kappa shape index (κ3) is 4.36. The molecule has 0 aliphatic heterocycles. The largest absolute Gasteiger partial charge is 0.462 e. The molecule has 0 radical (unpaired) electrons. The Morgan fingerprint density at radius 1 is 1.53 bits per heavy atom. The molecule has 0 fully saturated rings. The Labute approximate surface area is 117 Å². The third-order valence-corrected chi connectivity index (χ3v) is 3.25. The number of thioether (sulfide) groups is 1. The molecule has 0 amide bonds. The first kappa shape index (κ1) is 15.7. The van der Waals surface area contributed by atoms with Crippen LogP contribution in [0, 0.1) is 11.3 Å². The number of nitrogens with zero attached hydrogens (tertiary/aromatic N) is 1. The summed E-state index contributed by atoms with van der Waals surface area (Å²) in [6.07, 6.45) is 0. The van der Waals surface area contributed by atoms with Crippen LogP contribution in [0.5, 0.6) is 0 Å². The SMILES string of the molecule is CCOC(=O)c1cc(SC(F)(F)F)c(S)cc1C#N. The molecule has 0 spiro atoms. The van der Waals surface area contributed by atoms with Crippen molar-refractivity contribution >= 4 is 30.4 Å². The van der Waals surface area contributed by atoms with Gasteiger partial charge in [0.2, 0.25) is 0 Å². The zero-order valence-corrected chi connectivity index (χ0v) is 11.3. The number of carbonyl (C=O) groups is 1. The molecule has 0 heterocycles. The smallest absolute Gasteiger partial charge is 0.446 e. The molecule has 0 unspecified atom stereocenters. The molecule has 8 heteroatoms. The van der Waals surface area contributed by atoms with E-state index in [9.17, 15) is 18.0 Å². The molecule has 0 N–H and O–H groups in total. The van der Waals surface area contributed by atoms with Gasteiger partial charge >= 0.3 is 11.5 Å². The molecule has 1 aromatic rings. The van der Waals surface area contributed by atoms with Crippen molar-refractivity contribution in [2.45, 2.75) is 22.2 Å². The fraction of sp³-hybridized carbons (Fsp3) is 0.273. The van der Waals surface area contributed by atoms with Crippen molar-refractivity contribution in [2.75, 3.05) is 6.61 Å². The molecular formula is C11H8F3NO2S2. The summed E-state index contributed by atoms with van der Waals surface area (Å²) in [4.78, 5) is 11.3. The summed E-state index contributed by atoms with van der Waals surface area (Å²) in [7, 11) is 0. The summed E-state index contributed by atoms with van der Waals surface area (Å²) >= 11 is 3.48. The van der Waals surface area contributed by atoms with Crippen molar-refractivity contribution in [3.63, 3.8) is 0 Å². The minimum Gasteiger partial charge on any atom is -0.462 e. The van der Waals surface area contributed by atoms with Gasteiger partial charge in [0.25, 0.3) is 0 Å². The Kier molecular flexibility index (Phi) is 5.14. The van der Waals surface area contributed by atoms with Crippen LogP contribution in [0.1, 0.15) is 22.8 Å². The first-order valence-corrected chi connectivity index (χ1v) is 6.24. The molecule has 1 rings (SSSR count). The number of carbonyl (C=O) groups excluding carboxylic acids is 1. The summed E-state index contributed by atoms with van der Waals surface area (Å²) in [6, 6.07) is 3.81. The maximum atomic E-state index is 12.3. The zero-order valence-electron chi connectivity index (χ0n) is 9.61. The van der Waals surface area contributed by atoms with Gasteiger partial charge in [-0.25, -0.2) is 4.79 Å². The number of nitriles is 1. The molecule has 0 bridgehead atoms. The zero-order chi connectivity index (χ0) is 14.6. The molecule has 0 saturated heterocycles. The van der Waals surface area contributed by atoms with E-state index in [2.05, 4.69) is 17.4 Å². The van der Waals surface area contributed by atoms with E-state index in [1.807, 2.05) is 0 Å². The molecule has 1 aromatic carbocycles. The first-order valence-electron chi connectivity index (χ1n) is 4.98. The monoisotopic (exact) mass is 307 g/mol. The Balaban J connectivity index is 3.26. The lowest BCUT2D eigenvalue weighted by Crippen LogP contribution is -2.08. The van der Waals surface area contributed by atoms with E-state index >= 15 is 0 Å². The van der Waals surface area contributed by atoms with Gasteiger partial charge in [-0.05, 0) is 30.8 Å². The van der Waals surface area contributed by atoms with Crippen molar-refractivity contribution < 1.29 is 22.7 Å². The highest BCUT2D eigenvalue weighted by Crippen LogP contribution is 2.40. The Hall–Kier alpha value is -1.33. The molecule has 0 aliphatic carbocycles. The predicted octanol–water partition coefficient (Wildman–Crippen LogP) is 3.64. The van der Waals surface area contributed by atoms with Crippen molar-refractivity contribution in [1.29, 1.82) is 5.26 Å². The highest BCUT2D eigenvalue weighted by molar-refractivity contribution is 8.00. The second-order valence-electron chi connectivity index (χ2n) is 3.25. The standard InChI is InChI=1S/C11H8F3NO2S2/c1-2-17-10(16)7-4-9(19-11(12,13)14)8(18)3-6(7)5-15/h3-4,18H,2H2,1H3. The van der Waals surface area contributed by atoms with E-state index in [1.165, 1.54) is 0 Å². The number of hydrogen-bond donors (Lipinski definition) is 1. The van der Waals surface area contributed by atoms with Gasteiger partial charge < -0.3 is 4.74 Å². The summed E-state index contributed by atoms with van der Waals surface area (Å²) in [5.74, 6) is -0.837. The van der Waals surface area contributed by atoms with E-state index in [0.29, 0.717) is 0 Å². The molecular weight excluding hydrogens is 299 g/mol. The van der Waals surface area contributed by atoms with Gasteiger partial charge in [-0.3, -0.25) is 0 Å². The van der Waals surface area contributed by atoms with Crippen LogP contribution < -0.4 is 0 Å². The van der Waals surface area contributed by atoms with Gasteiger partial charge in [-0.1, -0.05) is 0 Å². The number of rotatable bonds is 3. The normalized spacial score (nSPS) is 10.9. The topological polar surface area (TPSA) is 50.1 Å². The molecule has 102 valence electrons. The van der Waals surface area contributed by atoms with Gasteiger partial charge in [0, 0.05) is 9.79 Å². The van der Waals surface area contributed by atoms with Crippen LogP contribution >= 0.6 is 24.4 Å². The van der Waals surface area contributed by atoms with Crippen molar-refractivity contribution in [1.82, 2.24) is 0 Å². The summed E-state index contributed by atoms with van der Waals surface area (Å²) in [5.41, 5.74) is -4.78. The second-order valence-corrected chi connectivity index (χ2v) is 4.83. The van der Waals surface area contributed by atoms with E-state index in [4.69, 9.17) is 5.26 Å². The van der Waals surface area contributed by atoms with Gasteiger partial charge in [-0.15, -0.1) is 12.6 Å². The van der Waals surface area contributed by atoms with Crippen LogP contribution in [-0.2, 0) is 4.74 Å². The van der Waals surface area contributed by atoms with Crippen molar-refractivity contribution in [3.05, 3.63) is 23.3 Å². The highest BCUT2D eigenvalue weighted by atomic mass is 32.2. The first-order chi connectivity index (χ1) is 8.78. The van der Waals surface area contributed by atoms with Crippen LogP contribution in [0.2, 0.25) is 0 Å². The molecule has 19 heavy (non-hydrogen) atoms. The highest BCUT2D eigenvalue weighted by Gasteiger charge is 2.31. The van der Waals surface area contributed by atoms with E-state index in [-0.39, 0.29) is 27.5 Å². The Morgan fingerprint density at radius 3 is 2.63 bits per heavy atom. The minimum absolute atomic E-state index is 0.0214. The fourth-order valence-corrected chi connectivity index (χ4v) is 2.17. The van der Waals surface area contributed by atoms with Crippen LogP contribution in [0.3, 0.4) is 0 Å². The lowest BCUT2D eigenvalue weighted by atomic mass is 10.1. The van der Waals surface area contributed by atoms with Gasteiger partial charge in [-0.2, -0.15) is 18.4 Å². The van der Waals surface area contributed by atoms with Gasteiger partial charge in [0.1, 0.15) is 6.07 Å². The van der Waals surface area contributed by atoms with Crippen LogP contribution in [0.15, 0.2) is 21.9 Å².